The molecule has 1 saturated heterocycles. The first-order chi connectivity index (χ1) is 10.0. The fourth-order valence-electron chi connectivity index (χ4n) is 2.19. The Bertz CT molecular complexity index is 453. The number of halogens is 1. The molecule has 0 unspecified atom stereocenters. The van der Waals surface area contributed by atoms with Crippen LogP contribution in [-0.4, -0.2) is 36.8 Å². The van der Waals surface area contributed by atoms with Crippen LogP contribution in [0, 0.1) is 5.92 Å². The van der Waals surface area contributed by atoms with Crippen molar-refractivity contribution in [2.24, 2.45) is 5.92 Å². The molecule has 0 spiro atoms. The van der Waals surface area contributed by atoms with E-state index in [-0.39, 0.29) is 12.2 Å². The number of rotatable bonds is 4. The van der Waals surface area contributed by atoms with Gasteiger partial charge >= 0.3 is 6.09 Å². The van der Waals surface area contributed by atoms with E-state index >= 15 is 0 Å². The summed E-state index contributed by atoms with van der Waals surface area (Å²) in [5.41, 5.74) is 0. The number of carbonyl (C=O) groups is 1. The van der Waals surface area contributed by atoms with Crippen LogP contribution in [0.3, 0.4) is 0 Å². The molecule has 1 amide bonds. The van der Waals surface area contributed by atoms with E-state index < -0.39 is 0 Å². The fraction of sp³-hybridized carbons (Fsp3) is 0.562. The minimum absolute atomic E-state index is 0.167. The second-order valence-corrected chi connectivity index (χ2v) is 6.64. The highest BCUT2D eigenvalue weighted by Gasteiger charge is 2.24. The van der Waals surface area contributed by atoms with Crippen molar-refractivity contribution in [2.75, 3.05) is 19.7 Å². The van der Waals surface area contributed by atoms with Gasteiger partial charge in [-0.15, -0.1) is 0 Å². The summed E-state index contributed by atoms with van der Waals surface area (Å²) in [5.74, 6) is 1.24. The smallest absolute Gasteiger partial charge is 0.409 e. The molecule has 0 N–H and O–H groups in total. The van der Waals surface area contributed by atoms with E-state index in [0.29, 0.717) is 25.6 Å². The monoisotopic (exact) mass is 355 g/mol. The van der Waals surface area contributed by atoms with Gasteiger partial charge < -0.3 is 14.4 Å². The Morgan fingerprint density at radius 2 is 1.90 bits per heavy atom. The van der Waals surface area contributed by atoms with Gasteiger partial charge in [-0.1, -0.05) is 29.8 Å². The molecule has 2 rings (SSSR count). The highest BCUT2D eigenvalue weighted by atomic mass is 79.9. The van der Waals surface area contributed by atoms with Gasteiger partial charge in [0.25, 0.3) is 0 Å². The molecule has 0 aromatic heterocycles. The number of ether oxygens (including phenoxy) is 2. The van der Waals surface area contributed by atoms with E-state index in [4.69, 9.17) is 9.47 Å². The van der Waals surface area contributed by atoms with E-state index in [1.54, 1.807) is 4.90 Å². The minimum Gasteiger partial charge on any atom is -0.490 e. The van der Waals surface area contributed by atoms with Gasteiger partial charge in [-0.25, -0.2) is 4.79 Å². The van der Waals surface area contributed by atoms with Crippen molar-refractivity contribution < 1.29 is 14.3 Å². The number of piperidine rings is 1. The Hall–Kier alpha value is -1.23. The van der Waals surface area contributed by atoms with Crippen molar-refractivity contribution in [1.29, 1.82) is 0 Å². The second-order valence-electron chi connectivity index (χ2n) is 5.73. The molecule has 21 heavy (non-hydrogen) atoms. The number of hydrogen-bond acceptors (Lipinski definition) is 3. The van der Waals surface area contributed by atoms with E-state index in [0.717, 1.165) is 23.1 Å². The summed E-state index contributed by atoms with van der Waals surface area (Å²) in [7, 11) is 0. The Morgan fingerprint density at radius 3 is 2.48 bits per heavy atom. The molecule has 0 radical (unpaired) electrons. The van der Waals surface area contributed by atoms with Crippen molar-refractivity contribution in [3.8, 4) is 5.75 Å². The second kappa shape index (κ2) is 7.69. The average Bonchev–Trinajstić information content (AvgIpc) is 2.48. The maximum atomic E-state index is 11.9. The average molecular weight is 356 g/mol. The predicted molar refractivity (Wildman–Crippen MR) is 85.6 cm³/mol. The first-order valence-electron chi connectivity index (χ1n) is 7.38. The summed E-state index contributed by atoms with van der Waals surface area (Å²) < 4.78 is 12.2. The third kappa shape index (κ3) is 5.23. The highest BCUT2D eigenvalue weighted by Crippen LogP contribution is 2.21. The third-order valence-corrected chi connectivity index (χ3v) is 3.89. The van der Waals surface area contributed by atoms with Crippen LogP contribution in [0.4, 0.5) is 4.79 Å². The van der Waals surface area contributed by atoms with E-state index in [1.165, 1.54) is 0 Å². The van der Waals surface area contributed by atoms with Crippen LogP contribution in [0.1, 0.15) is 26.7 Å². The van der Waals surface area contributed by atoms with Gasteiger partial charge in [0.2, 0.25) is 0 Å². The maximum Gasteiger partial charge on any atom is 0.409 e. The summed E-state index contributed by atoms with van der Waals surface area (Å²) in [6.45, 7) is 5.93. The summed E-state index contributed by atoms with van der Waals surface area (Å²) in [6, 6.07) is 7.84. The molecule has 5 heteroatoms. The van der Waals surface area contributed by atoms with Crippen molar-refractivity contribution >= 4 is 22.0 Å². The van der Waals surface area contributed by atoms with E-state index in [9.17, 15) is 4.79 Å². The molecule has 1 heterocycles. The molecule has 4 nitrogen and oxygen atoms in total. The lowest BCUT2D eigenvalue weighted by Crippen LogP contribution is -2.42. The van der Waals surface area contributed by atoms with Gasteiger partial charge in [0.1, 0.15) is 11.9 Å². The van der Waals surface area contributed by atoms with E-state index in [2.05, 4.69) is 15.9 Å². The summed E-state index contributed by atoms with van der Waals surface area (Å²) in [4.78, 5) is 13.6. The Balaban J connectivity index is 1.75. The lowest BCUT2D eigenvalue weighted by molar-refractivity contribution is 0.0618. The number of hydrogen-bond donors (Lipinski definition) is 0. The van der Waals surface area contributed by atoms with Crippen molar-refractivity contribution in [1.82, 2.24) is 4.90 Å². The predicted octanol–water partition coefficient (Wildman–Crippen LogP) is 4.08. The molecule has 0 aliphatic carbocycles. The summed E-state index contributed by atoms with van der Waals surface area (Å²) >= 11 is 3.41. The number of benzene rings is 1. The number of nitrogens with zero attached hydrogens (tertiary/aromatic N) is 1. The Labute approximate surface area is 134 Å². The van der Waals surface area contributed by atoms with Crippen LogP contribution in [0.15, 0.2) is 28.7 Å². The maximum absolute atomic E-state index is 11.9. The first kappa shape index (κ1) is 16.1. The van der Waals surface area contributed by atoms with Crippen LogP contribution in [0.2, 0.25) is 0 Å². The normalized spacial score (nSPS) is 16.1. The first-order valence-corrected chi connectivity index (χ1v) is 8.18. The molecule has 1 aromatic rings. The molecule has 116 valence electrons. The van der Waals surface area contributed by atoms with Gasteiger partial charge in [-0.2, -0.15) is 0 Å². The fourth-order valence-corrected chi connectivity index (χ4v) is 2.46. The molecular weight excluding hydrogens is 334 g/mol. The van der Waals surface area contributed by atoms with Gasteiger partial charge in [0, 0.05) is 30.4 Å². The quantitative estimate of drug-likeness (QED) is 0.816. The van der Waals surface area contributed by atoms with Crippen molar-refractivity contribution in [2.45, 2.75) is 32.8 Å². The number of amides is 1. The molecule has 0 bridgehead atoms. The Morgan fingerprint density at radius 1 is 1.29 bits per heavy atom. The van der Waals surface area contributed by atoms with Crippen molar-refractivity contribution in [3.63, 3.8) is 0 Å². The lowest BCUT2D eigenvalue weighted by Gasteiger charge is -2.31. The topological polar surface area (TPSA) is 38.8 Å². The van der Waals surface area contributed by atoms with E-state index in [1.807, 2.05) is 38.1 Å². The molecule has 0 atom stereocenters. The van der Waals surface area contributed by atoms with Crippen LogP contribution >= 0.6 is 15.9 Å². The molecule has 1 aliphatic heterocycles. The standard InChI is InChI=1S/C16H22BrNO3/c1-12(2)11-20-16(19)18-9-7-15(8-10-18)21-14-5-3-13(17)4-6-14/h3-6,12,15H,7-11H2,1-2H3. The minimum atomic E-state index is -0.203. The van der Waals surface area contributed by atoms with Gasteiger partial charge in [0.15, 0.2) is 0 Å². The number of likely N-dealkylation sites (tertiary alicyclic amines) is 1. The summed E-state index contributed by atoms with van der Waals surface area (Å²) in [5, 5.41) is 0. The third-order valence-electron chi connectivity index (χ3n) is 3.36. The summed E-state index contributed by atoms with van der Waals surface area (Å²) in [6.07, 6.45) is 1.64. The van der Waals surface area contributed by atoms with Crippen LogP contribution < -0.4 is 4.74 Å². The van der Waals surface area contributed by atoms with Gasteiger partial charge in [-0.05, 0) is 30.2 Å². The highest BCUT2D eigenvalue weighted by molar-refractivity contribution is 9.10. The lowest BCUT2D eigenvalue weighted by atomic mass is 10.1. The number of carbonyl (C=O) groups excluding carboxylic acids is 1. The van der Waals surface area contributed by atoms with Crippen molar-refractivity contribution in [3.05, 3.63) is 28.7 Å². The van der Waals surface area contributed by atoms with Crippen LogP contribution in [-0.2, 0) is 4.74 Å². The molecule has 1 aromatic carbocycles. The largest absolute Gasteiger partial charge is 0.490 e. The molecule has 1 fully saturated rings. The molecule has 0 saturated carbocycles. The molecular formula is C16H22BrNO3. The zero-order chi connectivity index (χ0) is 15.2. The van der Waals surface area contributed by atoms with Gasteiger partial charge in [-0.3, -0.25) is 0 Å². The zero-order valence-electron chi connectivity index (χ0n) is 12.5. The van der Waals surface area contributed by atoms with Gasteiger partial charge in [0.05, 0.1) is 6.61 Å². The molecule has 1 aliphatic rings. The zero-order valence-corrected chi connectivity index (χ0v) is 14.1. The van der Waals surface area contributed by atoms with Crippen LogP contribution in [0.5, 0.6) is 5.75 Å². The Kier molecular flexibility index (Phi) is 5.91. The SMILES string of the molecule is CC(C)COC(=O)N1CCC(Oc2ccc(Br)cc2)CC1. The van der Waals surface area contributed by atoms with Crippen LogP contribution in [0.25, 0.3) is 0 Å².